The van der Waals surface area contributed by atoms with Gasteiger partial charge in [0.15, 0.2) is 5.82 Å². The minimum Gasteiger partial charge on any atom is -0.337 e. The number of aromatic nitrogens is 2. The maximum absolute atomic E-state index is 13.2. The Labute approximate surface area is 161 Å². The largest absolute Gasteiger partial charge is 0.337 e. The molecule has 3 aliphatic rings. The van der Waals surface area contributed by atoms with Crippen LogP contribution in [0.15, 0.2) is 0 Å². The Morgan fingerprint density at radius 1 is 0.852 bits per heavy atom. The zero-order valence-electron chi connectivity index (χ0n) is 16.7. The smallest absolute Gasteiger partial charge is 0.289 e. The summed E-state index contributed by atoms with van der Waals surface area (Å²) in [5.74, 6) is 1.60. The van der Waals surface area contributed by atoms with Crippen LogP contribution >= 0.6 is 0 Å². The molecule has 6 heteroatoms. The molecule has 6 nitrogen and oxygen atoms in total. The van der Waals surface area contributed by atoms with Crippen LogP contribution in [-0.2, 0) is 13.0 Å². The van der Waals surface area contributed by atoms with Gasteiger partial charge in [0, 0.05) is 32.7 Å². The van der Waals surface area contributed by atoms with Crippen LogP contribution in [0.25, 0.3) is 0 Å². The van der Waals surface area contributed by atoms with E-state index in [-0.39, 0.29) is 11.8 Å². The SMILES string of the molecule is CC1CCCN(C(=O)c2nc(C(=O)N3CCCC(C)C3)n3c2CCCC3)C1. The summed E-state index contributed by atoms with van der Waals surface area (Å²) < 4.78 is 2.05. The van der Waals surface area contributed by atoms with Gasteiger partial charge >= 0.3 is 0 Å². The maximum atomic E-state index is 13.2. The molecule has 3 aliphatic heterocycles. The Balaban J connectivity index is 1.63. The van der Waals surface area contributed by atoms with Crippen LogP contribution in [0.5, 0.6) is 0 Å². The van der Waals surface area contributed by atoms with E-state index in [2.05, 4.69) is 18.8 Å². The highest BCUT2D eigenvalue weighted by molar-refractivity contribution is 5.97. The normalized spacial score (nSPS) is 26.0. The number of rotatable bonds is 2. The summed E-state index contributed by atoms with van der Waals surface area (Å²) in [5.41, 5.74) is 1.52. The first kappa shape index (κ1) is 18.5. The number of hydrogen-bond donors (Lipinski definition) is 0. The van der Waals surface area contributed by atoms with Gasteiger partial charge in [-0.1, -0.05) is 13.8 Å². The molecule has 0 aromatic carbocycles. The van der Waals surface area contributed by atoms with Gasteiger partial charge in [0.25, 0.3) is 11.8 Å². The Kier molecular flexibility index (Phi) is 5.24. The van der Waals surface area contributed by atoms with Crippen molar-refractivity contribution in [2.45, 2.75) is 65.3 Å². The number of piperidine rings is 2. The number of carbonyl (C=O) groups excluding carboxylic acids is 2. The van der Waals surface area contributed by atoms with Gasteiger partial charge in [-0.15, -0.1) is 0 Å². The third-order valence-corrected chi connectivity index (χ3v) is 6.40. The monoisotopic (exact) mass is 372 g/mol. The first-order valence-electron chi connectivity index (χ1n) is 10.7. The van der Waals surface area contributed by atoms with Gasteiger partial charge in [0.05, 0.1) is 5.69 Å². The average molecular weight is 373 g/mol. The van der Waals surface area contributed by atoms with Crippen LogP contribution < -0.4 is 0 Å². The Bertz CT molecular complexity index is 668. The molecule has 0 radical (unpaired) electrons. The molecule has 0 N–H and O–H groups in total. The molecule has 27 heavy (non-hydrogen) atoms. The van der Waals surface area contributed by atoms with Gasteiger partial charge in [-0.2, -0.15) is 0 Å². The summed E-state index contributed by atoms with van der Waals surface area (Å²) >= 11 is 0. The lowest BCUT2D eigenvalue weighted by atomic mass is 9.99. The van der Waals surface area contributed by atoms with Gasteiger partial charge in [-0.25, -0.2) is 4.98 Å². The molecule has 2 atom stereocenters. The highest BCUT2D eigenvalue weighted by atomic mass is 16.2. The van der Waals surface area contributed by atoms with E-state index in [1.807, 2.05) is 14.4 Å². The van der Waals surface area contributed by atoms with Crippen molar-refractivity contribution in [2.24, 2.45) is 11.8 Å². The van der Waals surface area contributed by atoms with Crippen molar-refractivity contribution in [3.8, 4) is 0 Å². The number of imidazole rings is 1. The fraction of sp³-hybridized carbons (Fsp3) is 0.762. The average Bonchev–Trinajstić information content (AvgIpc) is 3.06. The molecule has 2 fully saturated rings. The van der Waals surface area contributed by atoms with Crippen LogP contribution in [0.2, 0.25) is 0 Å². The van der Waals surface area contributed by atoms with E-state index >= 15 is 0 Å². The number of amides is 2. The second-order valence-corrected chi connectivity index (χ2v) is 8.84. The molecule has 1 aromatic heterocycles. The van der Waals surface area contributed by atoms with Gasteiger partial charge in [-0.3, -0.25) is 9.59 Å². The van der Waals surface area contributed by atoms with Crippen LogP contribution in [0.3, 0.4) is 0 Å². The lowest BCUT2D eigenvalue weighted by Crippen LogP contribution is -2.40. The summed E-state index contributed by atoms with van der Waals surface area (Å²) in [5, 5.41) is 0. The van der Waals surface area contributed by atoms with Crippen LogP contribution in [0.1, 0.15) is 79.2 Å². The van der Waals surface area contributed by atoms with Crippen LogP contribution in [-0.4, -0.2) is 57.3 Å². The van der Waals surface area contributed by atoms with Crippen molar-refractivity contribution in [2.75, 3.05) is 26.2 Å². The van der Waals surface area contributed by atoms with Crippen LogP contribution in [0, 0.1) is 11.8 Å². The van der Waals surface area contributed by atoms with E-state index in [1.54, 1.807) is 0 Å². The fourth-order valence-electron chi connectivity index (χ4n) is 4.92. The second-order valence-electron chi connectivity index (χ2n) is 8.84. The number of hydrogen-bond acceptors (Lipinski definition) is 3. The minimum absolute atomic E-state index is 0.00997. The topological polar surface area (TPSA) is 58.4 Å². The third kappa shape index (κ3) is 3.63. The molecule has 4 rings (SSSR count). The highest BCUT2D eigenvalue weighted by Crippen LogP contribution is 2.26. The summed E-state index contributed by atoms with van der Waals surface area (Å²) in [4.78, 5) is 35.0. The molecule has 0 bridgehead atoms. The lowest BCUT2D eigenvalue weighted by molar-refractivity contribution is 0.0664. The summed E-state index contributed by atoms with van der Waals surface area (Å²) in [6, 6.07) is 0. The molecule has 148 valence electrons. The Morgan fingerprint density at radius 3 is 2.11 bits per heavy atom. The van der Waals surface area contributed by atoms with Crippen molar-refractivity contribution in [3.63, 3.8) is 0 Å². The molecule has 0 aliphatic carbocycles. The molecule has 4 heterocycles. The number of nitrogens with zero attached hydrogens (tertiary/aromatic N) is 4. The van der Waals surface area contributed by atoms with E-state index in [9.17, 15) is 9.59 Å². The zero-order valence-corrected chi connectivity index (χ0v) is 16.7. The van der Waals surface area contributed by atoms with Crippen molar-refractivity contribution in [1.82, 2.24) is 19.4 Å². The van der Waals surface area contributed by atoms with Gasteiger partial charge in [0.2, 0.25) is 0 Å². The van der Waals surface area contributed by atoms with E-state index < -0.39 is 0 Å². The minimum atomic E-state index is 0.00997. The molecule has 0 spiro atoms. The summed E-state index contributed by atoms with van der Waals surface area (Å²) in [6.07, 6.45) is 7.44. The van der Waals surface area contributed by atoms with Gasteiger partial charge in [0.1, 0.15) is 5.69 Å². The molecule has 0 saturated carbocycles. The van der Waals surface area contributed by atoms with Gasteiger partial charge in [-0.05, 0) is 56.8 Å². The first-order chi connectivity index (χ1) is 13.0. The van der Waals surface area contributed by atoms with Crippen molar-refractivity contribution < 1.29 is 9.59 Å². The number of likely N-dealkylation sites (tertiary alicyclic amines) is 2. The van der Waals surface area contributed by atoms with E-state index in [0.717, 1.165) is 70.5 Å². The van der Waals surface area contributed by atoms with Crippen molar-refractivity contribution >= 4 is 11.8 Å². The molecule has 2 amide bonds. The number of carbonyl (C=O) groups is 2. The molecular formula is C21H32N4O2. The molecule has 2 unspecified atom stereocenters. The fourth-order valence-corrected chi connectivity index (χ4v) is 4.92. The van der Waals surface area contributed by atoms with Crippen molar-refractivity contribution in [1.29, 1.82) is 0 Å². The standard InChI is InChI=1S/C21H32N4O2/c1-15-7-5-10-23(13-15)20(26)18-17-9-3-4-12-25(17)19(22-18)21(27)24-11-6-8-16(2)14-24/h15-16H,3-14H2,1-2H3. The van der Waals surface area contributed by atoms with Gasteiger partial charge < -0.3 is 14.4 Å². The predicted octanol–water partition coefficient (Wildman–Crippen LogP) is 2.96. The Hall–Kier alpha value is -1.85. The van der Waals surface area contributed by atoms with Crippen LogP contribution in [0.4, 0.5) is 0 Å². The summed E-state index contributed by atoms with van der Waals surface area (Å²) in [7, 11) is 0. The second kappa shape index (κ2) is 7.64. The highest BCUT2D eigenvalue weighted by Gasteiger charge is 2.33. The summed E-state index contributed by atoms with van der Waals surface area (Å²) in [6.45, 7) is 8.42. The molecule has 1 aromatic rings. The quantitative estimate of drug-likeness (QED) is 0.802. The lowest BCUT2D eigenvalue weighted by Gasteiger charge is -2.31. The zero-order chi connectivity index (χ0) is 19.0. The molecule has 2 saturated heterocycles. The van der Waals surface area contributed by atoms with Crippen molar-refractivity contribution in [3.05, 3.63) is 17.2 Å². The predicted molar refractivity (Wildman–Crippen MR) is 104 cm³/mol. The Morgan fingerprint density at radius 2 is 1.48 bits per heavy atom. The van der Waals surface area contributed by atoms with E-state index in [0.29, 0.717) is 23.4 Å². The van der Waals surface area contributed by atoms with E-state index in [1.165, 1.54) is 12.8 Å². The number of fused-ring (bicyclic) bond motifs is 1. The maximum Gasteiger partial charge on any atom is 0.289 e. The molecular weight excluding hydrogens is 340 g/mol. The third-order valence-electron chi connectivity index (χ3n) is 6.40. The van der Waals surface area contributed by atoms with E-state index in [4.69, 9.17) is 0 Å². The first-order valence-corrected chi connectivity index (χ1v) is 10.7.